The molecule has 0 radical (unpaired) electrons. The van der Waals surface area contributed by atoms with Crippen molar-refractivity contribution in [3.05, 3.63) is 59.4 Å². The Morgan fingerprint density at radius 1 is 1.00 bits per heavy atom. The van der Waals surface area contributed by atoms with E-state index in [2.05, 4.69) is 17.1 Å². The van der Waals surface area contributed by atoms with Crippen LogP contribution in [0.2, 0.25) is 0 Å². The molecule has 2 rings (SSSR count). The molecule has 2 aromatic rings. The van der Waals surface area contributed by atoms with E-state index in [0.717, 1.165) is 62.0 Å². The van der Waals surface area contributed by atoms with Crippen molar-refractivity contribution in [2.45, 2.75) is 57.8 Å². The zero-order valence-electron chi connectivity index (χ0n) is 19.0. The van der Waals surface area contributed by atoms with Crippen LogP contribution in [0.3, 0.4) is 0 Å². The fourth-order valence-electron chi connectivity index (χ4n) is 3.28. The van der Waals surface area contributed by atoms with E-state index in [-0.39, 0.29) is 13.0 Å². The standard InChI is InChI=1S/C26H35NO5/c1-31-23-14-11-21(12-15-23)9-5-2-3-8-20-32-25-17-13-22(10-6-4-7-19-28)27-24(25)16-18-26(29)30/h5,9,11-15,17,28H,2-4,6-8,10,16,18-20H2,1H3,(H,29,30)/b9-5+. The van der Waals surface area contributed by atoms with Gasteiger partial charge in [0.25, 0.3) is 0 Å². The minimum atomic E-state index is -0.838. The van der Waals surface area contributed by atoms with Gasteiger partial charge >= 0.3 is 5.97 Å². The molecule has 0 saturated carbocycles. The van der Waals surface area contributed by atoms with Gasteiger partial charge in [-0.3, -0.25) is 9.78 Å². The van der Waals surface area contributed by atoms with E-state index in [1.807, 2.05) is 36.4 Å². The number of aliphatic hydroxyl groups is 1. The van der Waals surface area contributed by atoms with Crippen LogP contribution in [-0.2, 0) is 17.6 Å². The van der Waals surface area contributed by atoms with Crippen molar-refractivity contribution in [3.63, 3.8) is 0 Å². The van der Waals surface area contributed by atoms with E-state index in [1.165, 1.54) is 0 Å². The molecule has 0 bridgehead atoms. The number of aliphatic carboxylic acids is 1. The molecule has 6 heteroatoms. The van der Waals surface area contributed by atoms with E-state index in [0.29, 0.717) is 24.5 Å². The molecule has 0 spiro atoms. The van der Waals surface area contributed by atoms with Gasteiger partial charge in [0.1, 0.15) is 11.5 Å². The van der Waals surface area contributed by atoms with Crippen molar-refractivity contribution in [2.75, 3.05) is 20.3 Å². The number of carbonyl (C=O) groups is 1. The van der Waals surface area contributed by atoms with Gasteiger partial charge in [0, 0.05) is 18.7 Å². The van der Waals surface area contributed by atoms with Crippen LogP contribution in [0.15, 0.2) is 42.5 Å². The van der Waals surface area contributed by atoms with Crippen LogP contribution in [0.25, 0.3) is 6.08 Å². The van der Waals surface area contributed by atoms with Gasteiger partial charge in [0.2, 0.25) is 0 Å². The smallest absolute Gasteiger partial charge is 0.303 e. The van der Waals surface area contributed by atoms with Crippen molar-refractivity contribution in [3.8, 4) is 11.5 Å². The Hall–Kier alpha value is -2.86. The number of aromatic nitrogens is 1. The molecule has 0 aliphatic heterocycles. The third kappa shape index (κ3) is 9.96. The molecule has 0 amide bonds. The third-order valence-electron chi connectivity index (χ3n) is 5.11. The monoisotopic (exact) mass is 441 g/mol. The number of benzene rings is 1. The summed E-state index contributed by atoms with van der Waals surface area (Å²) in [5, 5.41) is 17.9. The summed E-state index contributed by atoms with van der Waals surface area (Å²) in [7, 11) is 1.66. The number of rotatable bonds is 16. The average molecular weight is 442 g/mol. The number of allylic oxidation sites excluding steroid dienone is 1. The number of pyridine rings is 1. The number of aliphatic hydroxyl groups excluding tert-OH is 1. The SMILES string of the molecule is COc1ccc(/C=C/CCCCOc2ccc(CCCCCO)nc2CCC(=O)O)cc1. The quantitative estimate of drug-likeness (QED) is 0.353. The lowest BCUT2D eigenvalue weighted by Gasteiger charge is -2.12. The van der Waals surface area contributed by atoms with Gasteiger partial charge in [-0.05, 0) is 68.4 Å². The molecular formula is C26H35NO5. The Balaban J connectivity index is 1.78. The lowest BCUT2D eigenvalue weighted by atomic mass is 10.1. The molecule has 0 unspecified atom stereocenters. The number of nitrogens with zero attached hydrogens (tertiary/aromatic N) is 1. The van der Waals surface area contributed by atoms with Crippen LogP contribution in [0.4, 0.5) is 0 Å². The number of hydrogen-bond acceptors (Lipinski definition) is 5. The molecule has 1 heterocycles. The van der Waals surface area contributed by atoms with E-state index in [9.17, 15) is 4.79 Å². The first-order chi connectivity index (χ1) is 15.6. The Kier molecular flexibility index (Phi) is 11.9. The van der Waals surface area contributed by atoms with Crippen molar-refractivity contribution in [1.29, 1.82) is 0 Å². The van der Waals surface area contributed by atoms with Gasteiger partial charge in [-0.1, -0.05) is 30.7 Å². The Morgan fingerprint density at radius 3 is 2.53 bits per heavy atom. The fraction of sp³-hybridized carbons (Fsp3) is 0.462. The number of hydrogen-bond donors (Lipinski definition) is 2. The minimum absolute atomic E-state index is 0.0352. The molecule has 6 nitrogen and oxygen atoms in total. The minimum Gasteiger partial charge on any atom is -0.497 e. The van der Waals surface area contributed by atoms with E-state index in [1.54, 1.807) is 7.11 Å². The van der Waals surface area contributed by atoms with Gasteiger partial charge in [-0.25, -0.2) is 0 Å². The maximum atomic E-state index is 11.0. The number of carboxylic acid groups (broad SMARTS) is 1. The largest absolute Gasteiger partial charge is 0.497 e. The predicted molar refractivity (Wildman–Crippen MR) is 126 cm³/mol. The first kappa shape index (κ1) is 25.4. The second kappa shape index (κ2) is 15.0. The third-order valence-corrected chi connectivity index (χ3v) is 5.11. The first-order valence-corrected chi connectivity index (χ1v) is 11.4. The van der Waals surface area contributed by atoms with Gasteiger partial charge in [-0.2, -0.15) is 0 Å². The number of ether oxygens (including phenoxy) is 2. The molecule has 0 atom stereocenters. The molecule has 174 valence electrons. The Labute approximate surface area is 190 Å². The molecule has 2 N–H and O–H groups in total. The molecule has 0 saturated heterocycles. The van der Waals surface area contributed by atoms with Gasteiger partial charge < -0.3 is 19.7 Å². The lowest BCUT2D eigenvalue weighted by molar-refractivity contribution is -0.136. The second-order valence-corrected chi connectivity index (χ2v) is 7.70. The van der Waals surface area contributed by atoms with Gasteiger partial charge in [0.15, 0.2) is 0 Å². The Morgan fingerprint density at radius 2 is 1.81 bits per heavy atom. The topological polar surface area (TPSA) is 88.9 Å². The van der Waals surface area contributed by atoms with E-state index in [4.69, 9.17) is 19.7 Å². The summed E-state index contributed by atoms with van der Waals surface area (Å²) in [5.74, 6) is 0.695. The summed E-state index contributed by atoms with van der Waals surface area (Å²) in [6.45, 7) is 0.787. The van der Waals surface area contributed by atoms with Crippen LogP contribution in [0, 0.1) is 0 Å². The lowest BCUT2D eigenvalue weighted by Crippen LogP contribution is -2.06. The molecule has 0 fully saturated rings. The van der Waals surface area contributed by atoms with Crippen LogP contribution < -0.4 is 9.47 Å². The summed E-state index contributed by atoms with van der Waals surface area (Å²) >= 11 is 0. The molecular weight excluding hydrogens is 406 g/mol. The van der Waals surface area contributed by atoms with Crippen LogP contribution >= 0.6 is 0 Å². The first-order valence-electron chi connectivity index (χ1n) is 11.4. The summed E-state index contributed by atoms with van der Waals surface area (Å²) < 4.78 is 11.1. The number of aryl methyl sites for hydroxylation is 2. The van der Waals surface area contributed by atoms with Gasteiger partial charge in [-0.15, -0.1) is 0 Å². The van der Waals surface area contributed by atoms with E-state index < -0.39 is 5.97 Å². The summed E-state index contributed by atoms with van der Waals surface area (Å²) in [6.07, 6.45) is 11.1. The second-order valence-electron chi connectivity index (χ2n) is 7.70. The van der Waals surface area contributed by atoms with Crippen molar-refractivity contribution < 1.29 is 24.5 Å². The molecule has 1 aromatic heterocycles. The zero-order chi connectivity index (χ0) is 23.0. The zero-order valence-corrected chi connectivity index (χ0v) is 19.0. The van der Waals surface area contributed by atoms with Crippen LogP contribution in [-0.4, -0.2) is 41.5 Å². The molecule has 0 aliphatic carbocycles. The Bertz CT molecular complexity index is 833. The normalized spacial score (nSPS) is 11.1. The van der Waals surface area contributed by atoms with Crippen LogP contribution in [0.5, 0.6) is 11.5 Å². The highest BCUT2D eigenvalue weighted by Gasteiger charge is 2.10. The molecule has 1 aromatic carbocycles. The summed E-state index contributed by atoms with van der Waals surface area (Å²) in [5.41, 5.74) is 2.80. The van der Waals surface area contributed by atoms with Crippen molar-refractivity contribution in [2.24, 2.45) is 0 Å². The number of methoxy groups -OCH3 is 1. The molecule has 0 aliphatic rings. The summed E-state index contributed by atoms with van der Waals surface area (Å²) in [6, 6.07) is 11.8. The average Bonchev–Trinajstić information content (AvgIpc) is 2.81. The number of carboxylic acids is 1. The highest BCUT2D eigenvalue weighted by atomic mass is 16.5. The highest BCUT2D eigenvalue weighted by molar-refractivity contribution is 5.67. The summed E-state index contributed by atoms with van der Waals surface area (Å²) in [4.78, 5) is 15.6. The van der Waals surface area contributed by atoms with Gasteiger partial charge in [0.05, 0.1) is 25.8 Å². The maximum Gasteiger partial charge on any atom is 0.303 e. The van der Waals surface area contributed by atoms with Crippen LogP contribution in [0.1, 0.15) is 61.9 Å². The molecule has 32 heavy (non-hydrogen) atoms. The van der Waals surface area contributed by atoms with E-state index >= 15 is 0 Å². The highest BCUT2D eigenvalue weighted by Crippen LogP contribution is 2.21. The van der Waals surface area contributed by atoms with Crippen molar-refractivity contribution in [1.82, 2.24) is 4.98 Å². The fourth-order valence-corrected chi connectivity index (χ4v) is 3.28. The van der Waals surface area contributed by atoms with Crippen molar-refractivity contribution >= 4 is 12.0 Å². The number of unbranched alkanes of at least 4 members (excludes halogenated alkanes) is 4. The predicted octanol–water partition coefficient (Wildman–Crippen LogP) is 5.08. The maximum absolute atomic E-state index is 11.0.